The van der Waals surface area contributed by atoms with Crippen LogP contribution in [0.1, 0.15) is 11.1 Å². The molecule has 0 unspecified atom stereocenters. The minimum atomic E-state index is 0.758. The van der Waals surface area contributed by atoms with Gasteiger partial charge in [0.05, 0.1) is 0 Å². The van der Waals surface area contributed by atoms with Gasteiger partial charge in [0.1, 0.15) is 0 Å². The fourth-order valence-electron chi connectivity index (χ4n) is 2.97. The second kappa shape index (κ2) is 6.91. The van der Waals surface area contributed by atoms with Crippen LogP contribution in [0.3, 0.4) is 0 Å². The molecule has 1 saturated heterocycles. The third-order valence-electron chi connectivity index (χ3n) is 4.27. The Morgan fingerprint density at radius 1 is 0.864 bits per heavy atom. The molecule has 0 amide bonds. The molecular formula is C18H20Cl2N2. The number of aryl methyl sites for hydroxylation is 1. The molecule has 0 atom stereocenters. The van der Waals surface area contributed by atoms with Gasteiger partial charge in [-0.1, -0.05) is 47.5 Å². The molecule has 1 fully saturated rings. The summed E-state index contributed by atoms with van der Waals surface area (Å²) in [5, 5.41) is 1.52. The van der Waals surface area contributed by atoms with Crippen LogP contribution in [-0.2, 0) is 6.54 Å². The number of halogens is 2. The maximum absolute atomic E-state index is 6.27. The lowest BCUT2D eigenvalue weighted by atomic mass is 10.1. The first kappa shape index (κ1) is 15.7. The van der Waals surface area contributed by atoms with Gasteiger partial charge >= 0.3 is 0 Å². The molecule has 1 heterocycles. The molecule has 2 aromatic carbocycles. The first-order chi connectivity index (χ1) is 10.6. The van der Waals surface area contributed by atoms with Crippen LogP contribution in [-0.4, -0.2) is 31.1 Å². The van der Waals surface area contributed by atoms with Crippen molar-refractivity contribution in [2.75, 3.05) is 31.1 Å². The van der Waals surface area contributed by atoms with Crippen LogP contribution in [0.15, 0.2) is 42.5 Å². The first-order valence-corrected chi connectivity index (χ1v) is 8.36. The number of rotatable bonds is 3. The molecule has 1 aliphatic rings. The quantitative estimate of drug-likeness (QED) is 0.807. The minimum Gasteiger partial charge on any atom is -0.369 e. The summed E-state index contributed by atoms with van der Waals surface area (Å²) >= 11 is 12.5. The lowest BCUT2D eigenvalue weighted by Gasteiger charge is -2.37. The predicted octanol–water partition coefficient (Wildman–Crippen LogP) is 4.62. The Bertz CT molecular complexity index is 629. The van der Waals surface area contributed by atoms with Gasteiger partial charge in [-0.05, 0) is 30.7 Å². The zero-order valence-electron chi connectivity index (χ0n) is 12.7. The van der Waals surface area contributed by atoms with E-state index in [1.54, 1.807) is 0 Å². The van der Waals surface area contributed by atoms with Crippen molar-refractivity contribution in [1.82, 2.24) is 4.90 Å². The molecule has 3 rings (SSSR count). The monoisotopic (exact) mass is 334 g/mol. The van der Waals surface area contributed by atoms with Crippen LogP contribution in [0.2, 0.25) is 10.0 Å². The summed E-state index contributed by atoms with van der Waals surface area (Å²) in [6, 6.07) is 14.3. The molecular weight excluding hydrogens is 315 g/mol. The van der Waals surface area contributed by atoms with Crippen LogP contribution >= 0.6 is 23.2 Å². The van der Waals surface area contributed by atoms with Gasteiger partial charge in [0.15, 0.2) is 0 Å². The highest BCUT2D eigenvalue weighted by Gasteiger charge is 2.19. The number of anilines is 1. The molecule has 0 saturated carbocycles. The van der Waals surface area contributed by atoms with E-state index in [0.717, 1.165) is 48.3 Å². The third kappa shape index (κ3) is 3.40. The molecule has 0 bridgehead atoms. The smallest absolute Gasteiger partial charge is 0.0465 e. The molecule has 0 aliphatic carbocycles. The number of hydrogen-bond donors (Lipinski definition) is 0. The highest BCUT2D eigenvalue weighted by Crippen LogP contribution is 2.27. The number of benzene rings is 2. The average Bonchev–Trinajstić information content (AvgIpc) is 2.52. The molecule has 2 aromatic rings. The normalized spacial score (nSPS) is 16.0. The Morgan fingerprint density at radius 3 is 2.14 bits per heavy atom. The van der Waals surface area contributed by atoms with E-state index in [2.05, 4.69) is 41.0 Å². The number of nitrogens with zero attached hydrogens (tertiary/aromatic N) is 2. The maximum Gasteiger partial charge on any atom is 0.0465 e. The van der Waals surface area contributed by atoms with Crippen LogP contribution in [0.5, 0.6) is 0 Å². The van der Waals surface area contributed by atoms with E-state index in [1.807, 2.05) is 18.2 Å². The average molecular weight is 335 g/mol. The van der Waals surface area contributed by atoms with Crippen molar-refractivity contribution < 1.29 is 0 Å². The van der Waals surface area contributed by atoms with Crippen molar-refractivity contribution in [1.29, 1.82) is 0 Å². The Labute approximate surface area is 142 Å². The Balaban J connectivity index is 1.64. The zero-order chi connectivity index (χ0) is 15.5. The van der Waals surface area contributed by atoms with Crippen LogP contribution in [0.4, 0.5) is 5.69 Å². The summed E-state index contributed by atoms with van der Waals surface area (Å²) in [6.07, 6.45) is 0. The predicted molar refractivity (Wildman–Crippen MR) is 95.1 cm³/mol. The molecule has 0 radical (unpaired) electrons. The fourth-order valence-corrected chi connectivity index (χ4v) is 3.49. The lowest BCUT2D eigenvalue weighted by Crippen LogP contribution is -2.46. The number of hydrogen-bond acceptors (Lipinski definition) is 2. The van der Waals surface area contributed by atoms with Gasteiger partial charge in [-0.3, -0.25) is 4.90 Å². The molecule has 0 aromatic heterocycles. The van der Waals surface area contributed by atoms with E-state index in [-0.39, 0.29) is 0 Å². The highest BCUT2D eigenvalue weighted by atomic mass is 35.5. The summed E-state index contributed by atoms with van der Waals surface area (Å²) < 4.78 is 0. The SMILES string of the molecule is Cc1ccccc1N1CCN(Cc2c(Cl)cccc2Cl)CC1. The molecule has 0 spiro atoms. The van der Waals surface area contributed by atoms with Gasteiger partial charge < -0.3 is 4.90 Å². The van der Waals surface area contributed by atoms with E-state index >= 15 is 0 Å². The largest absolute Gasteiger partial charge is 0.369 e. The van der Waals surface area contributed by atoms with E-state index in [0.29, 0.717) is 0 Å². The van der Waals surface area contributed by atoms with E-state index in [9.17, 15) is 0 Å². The molecule has 116 valence electrons. The second-order valence-corrected chi connectivity index (χ2v) is 6.56. The Kier molecular flexibility index (Phi) is 4.92. The number of para-hydroxylation sites is 1. The highest BCUT2D eigenvalue weighted by molar-refractivity contribution is 6.35. The summed E-state index contributed by atoms with van der Waals surface area (Å²) in [5.74, 6) is 0. The third-order valence-corrected chi connectivity index (χ3v) is 4.98. The standard InChI is InChI=1S/C18H20Cl2N2/c1-14-5-2-3-8-18(14)22-11-9-21(10-12-22)13-15-16(19)6-4-7-17(15)20/h2-8H,9-13H2,1H3. The summed E-state index contributed by atoms with van der Waals surface area (Å²) in [5.41, 5.74) is 3.72. The fraction of sp³-hybridized carbons (Fsp3) is 0.333. The maximum atomic E-state index is 6.27. The van der Waals surface area contributed by atoms with Gasteiger partial charge in [0, 0.05) is 54.0 Å². The second-order valence-electron chi connectivity index (χ2n) is 5.75. The topological polar surface area (TPSA) is 6.48 Å². The van der Waals surface area contributed by atoms with Gasteiger partial charge in [-0.2, -0.15) is 0 Å². The molecule has 2 nitrogen and oxygen atoms in total. The summed E-state index contributed by atoms with van der Waals surface area (Å²) in [4.78, 5) is 4.88. The van der Waals surface area contributed by atoms with Crippen molar-refractivity contribution in [2.24, 2.45) is 0 Å². The van der Waals surface area contributed by atoms with E-state index in [4.69, 9.17) is 23.2 Å². The van der Waals surface area contributed by atoms with Gasteiger partial charge in [0.2, 0.25) is 0 Å². The first-order valence-electron chi connectivity index (χ1n) is 7.61. The summed E-state index contributed by atoms with van der Waals surface area (Å²) in [7, 11) is 0. The van der Waals surface area contributed by atoms with Crippen molar-refractivity contribution in [2.45, 2.75) is 13.5 Å². The van der Waals surface area contributed by atoms with E-state index < -0.39 is 0 Å². The van der Waals surface area contributed by atoms with Crippen LogP contribution in [0.25, 0.3) is 0 Å². The van der Waals surface area contributed by atoms with Crippen molar-refractivity contribution in [3.63, 3.8) is 0 Å². The molecule has 4 heteroatoms. The van der Waals surface area contributed by atoms with Crippen molar-refractivity contribution in [3.05, 3.63) is 63.6 Å². The Hall–Kier alpha value is -1.22. The summed E-state index contributed by atoms with van der Waals surface area (Å²) in [6.45, 7) is 7.11. The van der Waals surface area contributed by atoms with Gasteiger partial charge in [0.25, 0.3) is 0 Å². The van der Waals surface area contributed by atoms with Crippen molar-refractivity contribution in [3.8, 4) is 0 Å². The Morgan fingerprint density at radius 2 is 1.50 bits per heavy atom. The van der Waals surface area contributed by atoms with Crippen molar-refractivity contribution >= 4 is 28.9 Å². The van der Waals surface area contributed by atoms with Crippen LogP contribution < -0.4 is 4.90 Å². The van der Waals surface area contributed by atoms with E-state index in [1.165, 1.54) is 11.3 Å². The molecule has 1 aliphatic heterocycles. The van der Waals surface area contributed by atoms with Gasteiger partial charge in [-0.15, -0.1) is 0 Å². The minimum absolute atomic E-state index is 0.758. The number of piperazine rings is 1. The van der Waals surface area contributed by atoms with Crippen LogP contribution in [0, 0.1) is 6.92 Å². The molecule has 22 heavy (non-hydrogen) atoms. The zero-order valence-corrected chi connectivity index (χ0v) is 14.2. The lowest BCUT2D eigenvalue weighted by molar-refractivity contribution is 0.250. The van der Waals surface area contributed by atoms with Gasteiger partial charge in [-0.25, -0.2) is 0 Å². The molecule has 0 N–H and O–H groups in total.